The monoisotopic (exact) mass is 413 g/mol. The van der Waals surface area contributed by atoms with Gasteiger partial charge in [-0.05, 0) is 40.9 Å². The van der Waals surface area contributed by atoms with E-state index >= 15 is 0 Å². The number of aromatic nitrogens is 1. The van der Waals surface area contributed by atoms with Gasteiger partial charge in [-0.15, -0.1) is 11.3 Å². The van der Waals surface area contributed by atoms with Gasteiger partial charge in [-0.3, -0.25) is 9.69 Å². The van der Waals surface area contributed by atoms with Gasteiger partial charge in [0.15, 0.2) is 5.13 Å². The molecule has 2 aromatic rings. The summed E-state index contributed by atoms with van der Waals surface area (Å²) < 4.78 is 0. The predicted molar refractivity (Wildman–Crippen MR) is 119 cm³/mol. The molecule has 1 aromatic carbocycles. The van der Waals surface area contributed by atoms with E-state index in [1.54, 1.807) is 11.3 Å². The molecule has 0 unspecified atom stereocenters. The fraction of sp³-hybridized carbons (Fsp3) is 0.565. The molecule has 0 bridgehead atoms. The number of carbonyl (C=O) groups is 1. The van der Waals surface area contributed by atoms with Crippen molar-refractivity contribution in [3.63, 3.8) is 0 Å². The molecule has 6 heteroatoms. The van der Waals surface area contributed by atoms with Crippen LogP contribution in [0.4, 0.5) is 5.13 Å². The number of carboxylic acids is 1. The summed E-state index contributed by atoms with van der Waals surface area (Å²) in [7, 11) is 0. The number of benzene rings is 1. The Balaban J connectivity index is 1.54. The van der Waals surface area contributed by atoms with Gasteiger partial charge in [0.2, 0.25) is 0 Å². The number of hydrogen-bond donors (Lipinski definition) is 1. The maximum Gasteiger partial charge on any atom is 0.317 e. The molecule has 0 amide bonds. The van der Waals surface area contributed by atoms with Crippen LogP contribution in [0.1, 0.15) is 51.7 Å². The molecule has 29 heavy (non-hydrogen) atoms. The quantitative estimate of drug-likeness (QED) is 0.807. The molecule has 1 fully saturated rings. The number of piperazine rings is 1. The maximum atomic E-state index is 10.9. The average molecular weight is 414 g/mol. The Labute approximate surface area is 177 Å². The van der Waals surface area contributed by atoms with Gasteiger partial charge in [-0.2, -0.15) is 0 Å². The maximum absolute atomic E-state index is 10.9. The number of hydrogen-bond acceptors (Lipinski definition) is 5. The molecule has 2 aliphatic rings. The first kappa shape index (κ1) is 20.4. The van der Waals surface area contributed by atoms with E-state index in [9.17, 15) is 4.79 Å². The molecule has 1 aromatic heterocycles. The highest BCUT2D eigenvalue weighted by Gasteiger charge is 2.37. The normalized spacial score (nSPS) is 21.0. The zero-order valence-electron chi connectivity index (χ0n) is 17.9. The second-order valence-electron chi connectivity index (χ2n) is 9.70. The smallest absolute Gasteiger partial charge is 0.317 e. The van der Waals surface area contributed by atoms with Gasteiger partial charge in [0, 0.05) is 37.1 Å². The van der Waals surface area contributed by atoms with Gasteiger partial charge in [0.1, 0.15) is 0 Å². The van der Waals surface area contributed by atoms with Crippen molar-refractivity contribution in [2.75, 3.05) is 37.6 Å². The van der Waals surface area contributed by atoms with E-state index in [4.69, 9.17) is 10.1 Å². The minimum atomic E-state index is -0.756. The van der Waals surface area contributed by atoms with Crippen LogP contribution >= 0.6 is 11.3 Å². The number of rotatable bonds is 4. The van der Waals surface area contributed by atoms with E-state index < -0.39 is 5.97 Å². The first-order chi connectivity index (χ1) is 13.7. The topological polar surface area (TPSA) is 56.7 Å². The van der Waals surface area contributed by atoms with Crippen LogP contribution in [0, 0.1) is 0 Å². The highest BCUT2D eigenvalue weighted by atomic mass is 32.1. The number of carboxylic acid groups (broad SMARTS) is 1. The lowest BCUT2D eigenvalue weighted by molar-refractivity contribution is -0.138. The van der Waals surface area contributed by atoms with Crippen LogP contribution in [0.3, 0.4) is 0 Å². The van der Waals surface area contributed by atoms with Crippen molar-refractivity contribution in [3.8, 4) is 11.3 Å². The number of nitrogens with zero attached hydrogens (tertiary/aromatic N) is 3. The summed E-state index contributed by atoms with van der Waals surface area (Å²) >= 11 is 1.68. The SMILES string of the molecule is CC1(C)CCC(C)(C)c2cc(-c3csc(N4CCN(CC(=O)O)CC4)n3)ccc21. The molecule has 0 spiro atoms. The Morgan fingerprint density at radius 3 is 2.38 bits per heavy atom. The standard InChI is InChI=1S/C23H31N3O2S/c1-22(2)7-8-23(3,4)18-13-16(5-6-17(18)22)19-15-29-21(24-19)26-11-9-25(10-12-26)14-20(27)28/h5-6,13,15H,7-12,14H2,1-4H3,(H,27,28). The van der Waals surface area contributed by atoms with E-state index in [0.717, 1.165) is 37.0 Å². The Kier molecular flexibility index (Phi) is 5.20. The van der Waals surface area contributed by atoms with Crippen LogP contribution in [0.15, 0.2) is 23.6 Å². The van der Waals surface area contributed by atoms with Gasteiger partial charge < -0.3 is 10.0 Å². The fourth-order valence-electron chi connectivity index (χ4n) is 4.58. The van der Waals surface area contributed by atoms with Gasteiger partial charge in [0.25, 0.3) is 0 Å². The summed E-state index contributed by atoms with van der Waals surface area (Å²) in [5.74, 6) is -0.756. The number of thiazole rings is 1. The van der Waals surface area contributed by atoms with Crippen molar-refractivity contribution in [2.24, 2.45) is 0 Å². The van der Waals surface area contributed by atoms with Crippen molar-refractivity contribution in [2.45, 2.75) is 51.4 Å². The lowest BCUT2D eigenvalue weighted by Crippen LogP contribution is -2.47. The third-order valence-electron chi connectivity index (χ3n) is 6.64. The molecule has 0 atom stereocenters. The van der Waals surface area contributed by atoms with E-state index in [1.807, 2.05) is 4.90 Å². The van der Waals surface area contributed by atoms with E-state index in [-0.39, 0.29) is 17.4 Å². The Morgan fingerprint density at radius 1 is 1.07 bits per heavy atom. The number of aliphatic carboxylic acids is 1. The second kappa shape index (κ2) is 7.40. The summed E-state index contributed by atoms with van der Waals surface area (Å²) in [6.45, 7) is 12.7. The fourth-order valence-corrected chi connectivity index (χ4v) is 5.47. The van der Waals surface area contributed by atoms with Crippen molar-refractivity contribution in [1.29, 1.82) is 0 Å². The molecule has 2 heterocycles. The number of anilines is 1. The lowest BCUT2D eigenvalue weighted by Gasteiger charge is -2.42. The molecular formula is C23H31N3O2S. The predicted octanol–water partition coefficient (Wildman–Crippen LogP) is 4.37. The first-order valence-electron chi connectivity index (χ1n) is 10.5. The minimum absolute atomic E-state index is 0.123. The molecule has 1 saturated heterocycles. The molecule has 5 nitrogen and oxygen atoms in total. The van der Waals surface area contributed by atoms with E-state index in [2.05, 4.69) is 56.2 Å². The average Bonchev–Trinajstić information content (AvgIpc) is 3.16. The Morgan fingerprint density at radius 2 is 1.72 bits per heavy atom. The molecule has 156 valence electrons. The Hall–Kier alpha value is -1.92. The van der Waals surface area contributed by atoms with Crippen LogP contribution < -0.4 is 4.90 Å². The number of fused-ring (bicyclic) bond motifs is 1. The van der Waals surface area contributed by atoms with E-state index in [0.29, 0.717) is 0 Å². The summed E-state index contributed by atoms with van der Waals surface area (Å²) in [4.78, 5) is 20.1. The van der Waals surface area contributed by atoms with E-state index in [1.165, 1.54) is 29.5 Å². The lowest BCUT2D eigenvalue weighted by atomic mass is 9.63. The van der Waals surface area contributed by atoms with Gasteiger partial charge in [0.05, 0.1) is 12.2 Å². The summed E-state index contributed by atoms with van der Waals surface area (Å²) in [5, 5.41) is 12.2. The largest absolute Gasteiger partial charge is 0.480 e. The van der Waals surface area contributed by atoms with Crippen LogP contribution in [-0.4, -0.2) is 53.7 Å². The second-order valence-corrected chi connectivity index (χ2v) is 10.5. The molecular weight excluding hydrogens is 382 g/mol. The zero-order valence-corrected chi connectivity index (χ0v) is 18.7. The van der Waals surface area contributed by atoms with Crippen LogP contribution in [0.25, 0.3) is 11.3 Å². The highest BCUT2D eigenvalue weighted by molar-refractivity contribution is 7.14. The van der Waals surface area contributed by atoms with Crippen molar-refractivity contribution in [1.82, 2.24) is 9.88 Å². The molecule has 1 aliphatic heterocycles. The Bertz CT molecular complexity index is 911. The molecule has 0 saturated carbocycles. The van der Waals surface area contributed by atoms with Gasteiger partial charge in [-0.1, -0.05) is 39.8 Å². The summed E-state index contributed by atoms with van der Waals surface area (Å²) in [6.07, 6.45) is 2.43. The summed E-state index contributed by atoms with van der Waals surface area (Å²) in [6, 6.07) is 6.90. The minimum Gasteiger partial charge on any atom is -0.480 e. The van der Waals surface area contributed by atoms with Gasteiger partial charge in [-0.25, -0.2) is 4.98 Å². The molecule has 4 rings (SSSR count). The van der Waals surface area contributed by atoms with Crippen LogP contribution in [-0.2, 0) is 15.6 Å². The van der Waals surface area contributed by atoms with Crippen molar-refractivity contribution in [3.05, 3.63) is 34.7 Å². The third kappa shape index (κ3) is 4.05. The highest BCUT2D eigenvalue weighted by Crippen LogP contribution is 2.46. The molecule has 0 radical (unpaired) electrons. The van der Waals surface area contributed by atoms with Crippen molar-refractivity contribution < 1.29 is 9.90 Å². The van der Waals surface area contributed by atoms with Gasteiger partial charge >= 0.3 is 5.97 Å². The zero-order chi connectivity index (χ0) is 20.8. The molecule has 1 aliphatic carbocycles. The third-order valence-corrected chi connectivity index (χ3v) is 7.54. The summed E-state index contributed by atoms with van der Waals surface area (Å²) in [5.41, 5.74) is 5.60. The van der Waals surface area contributed by atoms with Crippen LogP contribution in [0.2, 0.25) is 0 Å². The van der Waals surface area contributed by atoms with Crippen LogP contribution in [0.5, 0.6) is 0 Å². The van der Waals surface area contributed by atoms with Crippen molar-refractivity contribution >= 4 is 22.4 Å². The first-order valence-corrected chi connectivity index (χ1v) is 11.3. The molecule has 1 N–H and O–H groups in total.